The third-order valence-electron chi connectivity index (χ3n) is 6.05. The minimum atomic E-state index is -3.57. The van der Waals surface area contributed by atoms with E-state index >= 15 is 0 Å². The first-order valence-corrected chi connectivity index (χ1v) is 13.7. The van der Waals surface area contributed by atoms with E-state index in [1.165, 1.54) is 13.2 Å². The van der Waals surface area contributed by atoms with Crippen LogP contribution in [0.1, 0.15) is 23.5 Å². The van der Waals surface area contributed by atoms with Crippen LogP contribution in [0.2, 0.25) is 0 Å². The van der Waals surface area contributed by atoms with Gasteiger partial charge in [0.1, 0.15) is 17.6 Å². The number of benzene rings is 2. The number of anilines is 2. The lowest BCUT2D eigenvalue weighted by Gasteiger charge is -2.29. The Morgan fingerprint density at radius 3 is 2.57 bits per heavy atom. The van der Waals surface area contributed by atoms with Crippen LogP contribution in [-0.4, -0.2) is 36.4 Å². The molecule has 0 aliphatic carbocycles. The van der Waals surface area contributed by atoms with Crippen LogP contribution in [0.5, 0.6) is 5.75 Å². The molecular formula is C26H24FN5O3S2. The van der Waals surface area contributed by atoms with Crippen LogP contribution in [0.25, 0.3) is 5.69 Å². The minimum Gasteiger partial charge on any atom is -0.495 e. The fourth-order valence-corrected chi connectivity index (χ4v) is 5.47. The molecule has 2 unspecified atom stereocenters. The molecule has 11 heteroatoms. The molecule has 0 saturated carbocycles. The lowest BCUT2D eigenvalue weighted by molar-refractivity contribution is 0.417. The molecule has 2 aromatic heterocycles. The summed E-state index contributed by atoms with van der Waals surface area (Å²) in [5.41, 5.74) is 2.81. The Morgan fingerprint density at radius 1 is 1.08 bits per heavy atom. The largest absolute Gasteiger partial charge is 0.495 e. The van der Waals surface area contributed by atoms with Gasteiger partial charge >= 0.3 is 0 Å². The summed E-state index contributed by atoms with van der Waals surface area (Å²) < 4.78 is 48.6. The Morgan fingerprint density at radius 2 is 1.86 bits per heavy atom. The number of halogens is 1. The molecule has 3 heterocycles. The first-order chi connectivity index (χ1) is 17.8. The lowest BCUT2D eigenvalue weighted by atomic mass is 10.0. The Balaban J connectivity index is 1.68. The fourth-order valence-electron chi connectivity index (χ4n) is 4.56. The van der Waals surface area contributed by atoms with Gasteiger partial charge < -0.3 is 19.5 Å². The maximum atomic E-state index is 14.9. The van der Waals surface area contributed by atoms with E-state index in [0.717, 1.165) is 17.6 Å². The van der Waals surface area contributed by atoms with Crippen molar-refractivity contribution in [3.63, 3.8) is 0 Å². The first kappa shape index (κ1) is 24.7. The van der Waals surface area contributed by atoms with Gasteiger partial charge in [-0.15, -0.1) is 0 Å². The van der Waals surface area contributed by atoms with E-state index in [0.29, 0.717) is 22.2 Å². The quantitative estimate of drug-likeness (QED) is 0.334. The van der Waals surface area contributed by atoms with Gasteiger partial charge in [0.25, 0.3) is 0 Å². The average Bonchev–Trinajstić information content (AvgIpc) is 3.48. The van der Waals surface area contributed by atoms with E-state index in [1.54, 1.807) is 53.4 Å². The number of nitrogens with zero attached hydrogens (tertiary/aromatic N) is 3. The number of methoxy groups -OCH3 is 1. The van der Waals surface area contributed by atoms with Gasteiger partial charge in [0, 0.05) is 23.8 Å². The Labute approximate surface area is 219 Å². The van der Waals surface area contributed by atoms with Crippen LogP contribution in [0, 0.1) is 5.82 Å². The maximum Gasteiger partial charge on any atom is 0.229 e. The number of thiocarbonyl (C=S) groups is 1. The van der Waals surface area contributed by atoms with Crippen molar-refractivity contribution in [1.29, 1.82) is 0 Å². The monoisotopic (exact) mass is 537 g/mol. The minimum absolute atomic E-state index is 0.273. The van der Waals surface area contributed by atoms with Gasteiger partial charge in [-0.3, -0.25) is 9.71 Å². The number of pyridine rings is 1. The molecule has 1 aliphatic heterocycles. The molecule has 37 heavy (non-hydrogen) atoms. The molecular weight excluding hydrogens is 513 g/mol. The summed E-state index contributed by atoms with van der Waals surface area (Å²) in [5, 5.41) is 3.78. The standard InChI is InChI=1S/C26H24FN5O3S2/c1-35-23-13-12-17(16-20(23)30-37(2,33)34)32-25(24(29-26(32)36)19-9-5-6-14-28-19)22-11-7-15-31(22)21-10-4-3-8-18(21)27/h3-16,24-25,30H,1-2H3,(H,29,36). The highest BCUT2D eigenvalue weighted by atomic mass is 32.2. The van der Waals surface area contributed by atoms with E-state index in [4.69, 9.17) is 17.0 Å². The van der Waals surface area contributed by atoms with Crippen LogP contribution in [0.3, 0.4) is 0 Å². The number of ether oxygens (including phenoxy) is 1. The van der Waals surface area contributed by atoms with Crippen molar-refractivity contribution in [1.82, 2.24) is 14.9 Å². The fraction of sp³-hybridized carbons (Fsp3) is 0.154. The SMILES string of the molecule is COc1ccc(N2C(=S)NC(c3ccccn3)C2c2cccn2-c2ccccc2F)cc1NS(C)(=O)=O. The first-order valence-electron chi connectivity index (χ1n) is 11.4. The molecule has 190 valence electrons. The molecule has 0 radical (unpaired) electrons. The van der Waals surface area contributed by atoms with E-state index in [1.807, 2.05) is 35.2 Å². The molecule has 4 aromatic rings. The second-order valence-electron chi connectivity index (χ2n) is 8.51. The molecule has 1 saturated heterocycles. The summed E-state index contributed by atoms with van der Waals surface area (Å²) in [5.74, 6) is -0.00156. The average molecular weight is 538 g/mol. The second kappa shape index (κ2) is 9.83. The smallest absolute Gasteiger partial charge is 0.229 e. The second-order valence-corrected chi connectivity index (χ2v) is 10.6. The Bertz CT molecular complexity index is 1560. The number of hydrogen-bond acceptors (Lipinski definition) is 5. The van der Waals surface area contributed by atoms with E-state index < -0.39 is 16.1 Å². The predicted molar refractivity (Wildman–Crippen MR) is 145 cm³/mol. The van der Waals surface area contributed by atoms with Crippen molar-refractivity contribution < 1.29 is 17.5 Å². The summed E-state index contributed by atoms with van der Waals surface area (Å²) in [6.07, 6.45) is 4.58. The van der Waals surface area contributed by atoms with Crippen molar-refractivity contribution in [2.45, 2.75) is 12.1 Å². The highest BCUT2D eigenvalue weighted by Gasteiger charge is 2.42. The van der Waals surface area contributed by atoms with Gasteiger partial charge in [-0.25, -0.2) is 12.8 Å². The van der Waals surface area contributed by atoms with Crippen molar-refractivity contribution in [2.24, 2.45) is 0 Å². The van der Waals surface area contributed by atoms with Crippen LogP contribution in [-0.2, 0) is 10.0 Å². The number of para-hydroxylation sites is 1. The number of rotatable bonds is 7. The van der Waals surface area contributed by atoms with Crippen LogP contribution >= 0.6 is 12.2 Å². The molecule has 1 aliphatic rings. The number of hydrogen-bond donors (Lipinski definition) is 2. The molecule has 1 fully saturated rings. The molecule has 2 atom stereocenters. The van der Waals surface area contributed by atoms with Crippen molar-refractivity contribution in [2.75, 3.05) is 23.0 Å². The number of sulfonamides is 1. The zero-order valence-corrected chi connectivity index (χ0v) is 21.6. The van der Waals surface area contributed by atoms with Gasteiger partial charge in [-0.1, -0.05) is 18.2 Å². The van der Waals surface area contributed by atoms with Crippen LogP contribution < -0.4 is 19.7 Å². The highest BCUT2D eigenvalue weighted by Crippen LogP contribution is 2.44. The lowest BCUT2D eigenvalue weighted by Crippen LogP contribution is -2.30. The topological polar surface area (TPSA) is 88.5 Å². The zero-order chi connectivity index (χ0) is 26.2. The van der Waals surface area contributed by atoms with E-state index in [2.05, 4.69) is 15.0 Å². The number of aromatic nitrogens is 2. The molecule has 8 nitrogen and oxygen atoms in total. The molecule has 0 amide bonds. The van der Waals surface area contributed by atoms with Gasteiger partial charge in [0.05, 0.1) is 36.5 Å². The Hall–Kier alpha value is -3.96. The van der Waals surface area contributed by atoms with Gasteiger partial charge in [0.15, 0.2) is 5.11 Å². The summed E-state index contributed by atoms with van der Waals surface area (Å²) >= 11 is 5.78. The van der Waals surface area contributed by atoms with E-state index in [-0.39, 0.29) is 17.5 Å². The molecule has 0 spiro atoms. The molecule has 2 aromatic carbocycles. The van der Waals surface area contributed by atoms with Gasteiger partial charge in [0.2, 0.25) is 10.0 Å². The van der Waals surface area contributed by atoms with Crippen LogP contribution in [0.15, 0.2) is 85.2 Å². The van der Waals surface area contributed by atoms with Crippen molar-refractivity contribution in [3.8, 4) is 11.4 Å². The number of nitrogens with one attached hydrogen (secondary N) is 2. The summed E-state index contributed by atoms with van der Waals surface area (Å²) in [4.78, 5) is 6.44. The highest BCUT2D eigenvalue weighted by molar-refractivity contribution is 7.92. The molecule has 2 N–H and O–H groups in total. The maximum absolute atomic E-state index is 14.9. The van der Waals surface area contributed by atoms with E-state index in [9.17, 15) is 12.8 Å². The van der Waals surface area contributed by atoms with Crippen LogP contribution in [0.4, 0.5) is 15.8 Å². The summed E-state index contributed by atoms with van der Waals surface area (Å²) in [7, 11) is -2.11. The van der Waals surface area contributed by atoms with Crippen molar-refractivity contribution in [3.05, 3.63) is 102 Å². The normalized spacial score (nSPS) is 17.5. The van der Waals surface area contributed by atoms with Gasteiger partial charge in [-0.05, 0) is 66.8 Å². The predicted octanol–water partition coefficient (Wildman–Crippen LogP) is 4.57. The molecule has 5 rings (SSSR count). The van der Waals surface area contributed by atoms with Crippen molar-refractivity contribution >= 4 is 38.7 Å². The summed E-state index contributed by atoms with van der Waals surface area (Å²) in [6.45, 7) is 0. The van der Waals surface area contributed by atoms with Gasteiger partial charge in [-0.2, -0.15) is 0 Å². The zero-order valence-electron chi connectivity index (χ0n) is 20.0. The third-order valence-corrected chi connectivity index (χ3v) is 6.96. The summed E-state index contributed by atoms with van der Waals surface area (Å²) in [6, 6.07) is 20.2. The Kier molecular flexibility index (Phi) is 6.57. The molecule has 0 bridgehead atoms. The third kappa shape index (κ3) is 4.87.